The highest BCUT2D eigenvalue weighted by Crippen LogP contribution is 2.14. The van der Waals surface area contributed by atoms with Gasteiger partial charge in [-0.2, -0.15) is 0 Å². The Labute approximate surface area is 129 Å². The Morgan fingerprint density at radius 3 is 2.63 bits per heavy atom. The summed E-state index contributed by atoms with van der Waals surface area (Å²) in [5.41, 5.74) is 2.70. The molecule has 0 saturated heterocycles. The van der Waals surface area contributed by atoms with Crippen LogP contribution in [-0.4, -0.2) is 11.1 Å². The number of aromatic nitrogens is 1. The Balaban J connectivity index is 1.98. The van der Waals surface area contributed by atoms with E-state index in [1.807, 2.05) is 0 Å². The molecule has 0 radical (unpaired) electrons. The fourth-order valence-corrected chi connectivity index (χ4v) is 2.45. The van der Waals surface area contributed by atoms with Crippen LogP contribution in [0.5, 0.6) is 0 Å². The first-order valence-electron chi connectivity index (χ1n) is 6.82. The molecule has 1 unspecified atom stereocenters. The molecule has 19 heavy (non-hydrogen) atoms. The maximum Gasteiger partial charge on any atom is 0.0470 e. The molecular weight excluding hydrogens is 347 g/mol. The van der Waals surface area contributed by atoms with Crippen molar-refractivity contribution >= 4 is 22.6 Å². The van der Waals surface area contributed by atoms with Crippen molar-refractivity contribution in [2.24, 2.45) is 0 Å². The molecule has 0 amide bonds. The lowest BCUT2D eigenvalue weighted by Gasteiger charge is -2.11. The summed E-state index contributed by atoms with van der Waals surface area (Å²) in [6.07, 6.45) is 5.58. The highest BCUT2D eigenvalue weighted by molar-refractivity contribution is 14.1. The van der Waals surface area contributed by atoms with Crippen molar-refractivity contribution in [2.45, 2.75) is 32.9 Å². The molecule has 0 aliphatic rings. The molecule has 2 nitrogen and oxygen atoms in total. The lowest BCUT2D eigenvalue weighted by molar-refractivity contribution is 0.569. The van der Waals surface area contributed by atoms with E-state index in [9.17, 15) is 0 Å². The van der Waals surface area contributed by atoms with Gasteiger partial charge in [0.05, 0.1) is 0 Å². The first-order chi connectivity index (χ1) is 9.19. The predicted molar refractivity (Wildman–Crippen MR) is 89.4 cm³/mol. The van der Waals surface area contributed by atoms with Gasteiger partial charge in [0, 0.05) is 28.6 Å². The van der Waals surface area contributed by atoms with Gasteiger partial charge >= 0.3 is 0 Å². The van der Waals surface area contributed by atoms with Gasteiger partial charge in [-0.25, -0.2) is 0 Å². The van der Waals surface area contributed by atoms with Gasteiger partial charge in [-0.15, -0.1) is 0 Å². The molecule has 0 saturated carbocycles. The van der Waals surface area contributed by atoms with Gasteiger partial charge in [-0.1, -0.05) is 19.1 Å². The van der Waals surface area contributed by atoms with E-state index in [4.69, 9.17) is 0 Å². The lowest BCUT2D eigenvalue weighted by atomic mass is 10.2. The molecule has 0 spiro atoms. The van der Waals surface area contributed by atoms with Crippen molar-refractivity contribution in [2.75, 3.05) is 6.54 Å². The van der Waals surface area contributed by atoms with Crippen LogP contribution < -0.4 is 5.32 Å². The second-order valence-corrected chi connectivity index (χ2v) is 6.17. The minimum absolute atomic E-state index is 0.429. The third kappa shape index (κ3) is 4.35. The number of nitrogens with zero attached hydrogens (tertiary/aromatic N) is 1. The number of nitrogens with one attached hydrogen (secondary N) is 1. The fourth-order valence-electron chi connectivity index (χ4n) is 2.09. The average molecular weight is 368 g/mol. The van der Waals surface area contributed by atoms with Crippen molar-refractivity contribution in [1.29, 1.82) is 0 Å². The van der Waals surface area contributed by atoms with Gasteiger partial charge in [-0.05, 0) is 71.8 Å². The minimum Gasteiger partial charge on any atom is -0.350 e. The van der Waals surface area contributed by atoms with Gasteiger partial charge in [0.25, 0.3) is 0 Å². The Kier molecular flexibility index (Phi) is 5.45. The van der Waals surface area contributed by atoms with Crippen LogP contribution in [0.1, 0.15) is 37.4 Å². The first kappa shape index (κ1) is 14.6. The van der Waals surface area contributed by atoms with Crippen LogP contribution in [0.4, 0.5) is 0 Å². The van der Waals surface area contributed by atoms with E-state index in [-0.39, 0.29) is 0 Å². The topological polar surface area (TPSA) is 17.0 Å². The smallest absolute Gasteiger partial charge is 0.0470 e. The van der Waals surface area contributed by atoms with E-state index in [1.54, 1.807) is 0 Å². The molecule has 1 aromatic carbocycles. The van der Waals surface area contributed by atoms with E-state index >= 15 is 0 Å². The molecule has 1 atom stereocenters. The Hall–Kier alpha value is -0.810. The van der Waals surface area contributed by atoms with Crippen molar-refractivity contribution in [3.63, 3.8) is 0 Å². The van der Waals surface area contributed by atoms with Crippen molar-refractivity contribution in [1.82, 2.24) is 9.88 Å². The molecule has 1 heterocycles. The van der Waals surface area contributed by atoms with Crippen molar-refractivity contribution in [3.05, 3.63) is 57.4 Å². The molecule has 1 N–H and O–H groups in total. The summed E-state index contributed by atoms with van der Waals surface area (Å²) >= 11 is 2.34. The fraction of sp³-hybridized carbons (Fsp3) is 0.375. The van der Waals surface area contributed by atoms with Crippen LogP contribution in [-0.2, 0) is 6.54 Å². The van der Waals surface area contributed by atoms with Crippen LogP contribution in [0.2, 0.25) is 0 Å². The standard InChI is InChI=1S/C16H21IN2/c1-3-9-18-13(2)15-8-10-19(12-15)11-14-4-6-16(17)7-5-14/h4-8,10,12-13,18H,3,9,11H2,1-2H3. The molecule has 1 aromatic heterocycles. The summed E-state index contributed by atoms with van der Waals surface area (Å²) in [7, 11) is 0. The molecule has 3 heteroatoms. The van der Waals surface area contributed by atoms with Crippen LogP contribution >= 0.6 is 22.6 Å². The Morgan fingerprint density at radius 2 is 1.95 bits per heavy atom. The molecule has 2 rings (SSSR count). The number of hydrogen-bond donors (Lipinski definition) is 1. The molecule has 0 aliphatic heterocycles. The second kappa shape index (κ2) is 7.10. The summed E-state index contributed by atoms with van der Waals surface area (Å²) in [5.74, 6) is 0. The largest absolute Gasteiger partial charge is 0.350 e. The van der Waals surface area contributed by atoms with Gasteiger partial charge in [0.2, 0.25) is 0 Å². The SMILES string of the molecule is CCCNC(C)c1ccn(Cc2ccc(I)cc2)c1. The van der Waals surface area contributed by atoms with Gasteiger partial charge in [0.15, 0.2) is 0 Å². The monoisotopic (exact) mass is 368 g/mol. The molecule has 0 aliphatic carbocycles. The normalized spacial score (nSPS) is 12.6. The summed E-state index contributed by atoms with van der Waals surface area (Å²) in [4.78, 5) is 0. The second-order valence-electron chi connectivity index (χ2n) is 4.92. The molecule has 0 fully saturated rings. The van der Waals surface area contributed by atoms with Crippen LogP contribution in [0.15, 0.2) is 42.7 Å². The van der Waals surface area contributed by atoms with E-state index in [0.717, 1.165) is 13.1 Å². The molecular formula is C16H21IN2. The lowest BCUT2D eigenvalue weighted by Crippen LogP contribution is -2.18. The first-order valence-corrected chi connectivity index (χ1v) is 7.90. The van der Waals surface area contributed by atoms with E-state index in [1.165, 1.54) is 21.1 Å². The molecule has 102 valence electrons. The minimum atomic E-state index is 0.429. The van der Waals surface area contributed by atoms with Crippen molar-refractivity contribution in [3.8, 4) is 0 Å². The van der Waals surface area contributed by atoms with Crippen molar-refractivity contribution < 1.29 is 0 Å². The Bertz CT molecular complexity index is 502. The van der Waals surface area contributed by atoms with Crippen LogP contribution in [0.25, 0.3) is 0 Å². The van der Waals surface area contributed by atoms with Gasteiger partial charge in [0.1, 0.15) is 0 Å². The summed E-state index contributed by atoms with van der Waals surface area (Å²) in [5, 5.41) is 3.52. The molecule has 0 bridgehead atoms. The van der Waals surface area contributed by atoms with E-state index < -0.39 is 0 Å². The zero-order chi connectivity index (χ0) is 13.7. The number of hydrogen-bond acceptors (Lipinski definition) is 1. The quantitative estimate of drug-likeness (QED) is 0.757. The maximum atomic E-state index is 3.52. The highest BCUT2D eigenvalue weighted by atomic mass is 127. The number of halogens is 1. The summed E-state index contributed by atoms with van der Waals surface area (Å²) in [6.45, 7) is 6.43. The zero-order valence-corrected chi connectivity index (χ0v) is 13.7. The van der Waals surface area contributed by atoms with Crippen LogP contribution in [0, 0.1) is 3.57 Å². The van der Waals surface area contributed by atoms with E-state index in [2.05, 4.69) is 89.0 Å². The third-order valence-electron chi connectivity index (χ3n) is 3.25. The predicted octanol–water partition coefficient (Wildman–Crippen LogP) is 4.20. The zero-order valence-electron chi connectivity index (χ0n) is 11.6. The maximum absolute atomic E-state index is 3.52. The van der Waals surface area contributed by atoms with Crippen LogP contribution in [0.3, 0.4) is 0 Å². The summed E-state index contributed by atoms with van der Waals surface area (Å²) in [6, 6.07) is 11.3. The summed E-state index contributed by atoms with van der Waals surface area (Å²) < 4.78 is 3.54. The van der Waals surface area contributed by atoms with E-state index in [0.29, 0.717) is 6.04 Å². The third-order valence-corrected chi connectivity index (χ3v) is 3.97. The average Bonchev–Trinajstić information content (AvgIpc) is 2.87. The number of benzene rings is 1. The Morgan fingerprint density at radius 1 is 1.21 bits per heavy atom. The number of rotatable bonds is 6. The van der Waals surface area contributed by atoms with Gasteiger partial charge < -0.3 is 9.88 Å². The van der Waals surface area contributed by atoms with Gasteiger partial charge in [-0.3, -0.25) is 0 Å². The highest BCUT2D eigenvalue weighted by Gasteiger charge is 2.05. The molecule has 2 aromatic rings.